The van der Waals surface area contributed by atoms with Gasteiger partial charge in [0, 0.05) is 28.1 Å². The number of aliphatic imine (C=N–C) groups is 1. The van der Waals surface area contributed by atoms with Gasteiger partial charge in [-0.05, 0) is 93.3 Å². The average Bonchev–Trinajstić information content (AvgIpc) is 4.11. The van der Waals surface area contributed by atoms with E-state index in [9.17, 15) is 19.2 Å². The molecule has 3 amide bonds. The molecule has 1 fully saturated rings. The van der Waals surface area contributed by atoms with E-state index in [2.05, 4.69) is 39.7 Å². The first-order valence-corrected chi connectivity index (χ1v) is 24.6. The number of carbonyl (C=O) groups excluding carboxylic acids is 4. The number of aromatic nitrogens is 4. The second-order valence-electron chi connectivity index (χ2n) is 18.4. The number of likely N-dealkylation sites (tertiary alicyclic amines) is 1. The highest BCUT2D eigenvalue weighted by Crippen LogP contribution is 2.40. The van der Waals surface area contributed by atoms with Crippen LogP contribution in [0.2, 0.25) is 5.02 Å². The number of nitrogens with zero attached hydrogens (tertiary/aromatic N) is 6. The number of ether oxygens (including phenoxy) is 2. The Labute approximate surface area is 409 Å². The second kappa shape index (κ2) is 19.8. The molecule has 17 heteroatoms. The van der Waals surface area contributed by atoms with E-state index in [1.165, 1.54) is 7.11 Å². The van der Waals surface area contributed by atoms with E-state index in [0.717, 1.165) is 65.1 Å². The number of methoxy groups -OCH3 is 1. The first kappa shape index (κ1) is 48.2. The third kappa shape index (κ3) is 9.85. The molecule has 4 atom stereocenters. The average molecular weight is 976 g/mol. The van der Waals surface area contributed by atoms with Gasteiger partial charge in [-0.15, -0.1) is 32.9 Å². The van der Waals surface area contributed by atoms with Gasteiger partial charge in [0.1, 0.15) is 34.7 Å². The predicted molar refractivity (Wildman–Crippen MR) is 266 cm³/mol. The Bertz CT molecular complexity index is 2920. The van der Waals surface area contributed by atoms with Crippen molar-refractivity contribution in [3.05, 3.63) is 122 Å². The highest BCUT2D eigenvalue weighted by atomic mass is 35.5. The summed E-state index contributed by atoms with van der Waals surface area (Å²) in [6.45, 7) is 15.7. The minimum absolute atomic E-state index is 0.00940. The molecule has 1 unspecified atom stereocenters. The van der Waals surface area contributed by atoms with Crippen LogP contribution in [0.4, 0.5) is 0 Å². The van der Waals surface area contributed by atoms with Crippen LogP contribution in [-0.2, 0) is 23.9 Å². The predicted octanol–water partition coefficient (Wildman–Crippen LogP) is 9.24. The number of hydrogen-bond donors (Lipinski definition) is 2. The van der Waals surface area contributed by atoms with Crippen LogP contribution in [0.15, 0.2) is 77.2 Å². The van der Waals surface area contributed by atoms with E-state index in [0.29, 0.717) is 41.8 Å². The molecular weight excluding hydrogens is 920 g/mol. The third-order valence-electron chi connectivity index (χ3n) is 12.6. The molecule has 0 spiro atoms. The zero-order valence-electron chi connectivity index (χ0n) is 39.6. The highest BCUT2D eigenvalue weighted by Gasteiger charge is 2.42. The number of esters is 1. The number of amides is 3. The van der Waals surface area contributed by atoms with Crippen molar-refractivity contribution in [2.75, 3.05) is 20.3 Å². The van der Waals surface area contributed by atoms with Gasteiger partial charge in [0.2, 0.25) is 11.8 Å². The molecule has 0 saturated carbocycles. The molecule has 3 aromatic carbocycles. The van der Waals surface area contributed by atoms with Crippen LogP contribution in [0.1, 0.15) is 104 Å². The molecule has 2 aliphatic rings. The number of aryl methyl sites for hydroxylation is 3. The van der Waals surface area contributed by atoms with Gasteiger partial charge in [-0.3, -0.25) is 28.7 Å². The second-order valence-corrected chi connectivity index (χ2v) is 20.8. The maximum absolute atomic E-state index is 14.2. The van der Waals surface area contributed by atoms with E-state index in [1.807, 2.05) is 106 Å². The van der Waals surface area contributed by atoms with Gasteiger partial charge < -0.3 is 25.0 Å². The van der Waals surface area contributed by atoms with Gasteiger partial charge in [-0.25, -0.2) is 4.98 Å². The summed E-state index contributed by atoms with van der Waals surface area (Å²) in [5.74, 6) is 0.248. The fourth-order valence-corrected chi connectivity index (χ4v) is 11.1. The Morgan fingerprint density at radius 1 is 0.926 bits per heavy atom. The number of benzene rings is 3. The maximum Gasteiger partial charge on any atom is 0.308 e. The first-order valence-electron chi connectivity index (χ1n) is 22.5. The lowest BCUT2D eigenvalue weighted by Gasteiger charge is -2.35. The summed E-state index contributed by atoms with van der Waals surface area (Å²) < 4.78 is 12.9. The van der Waals surface area contributed by atoms with Crippen LogP contribution >= 0.6 is 34.3 Å². The van der Waals surface area contributed by atoms with E-state index in [-0.39, 0.29) is 30.9 Å². The lowest BCUT2D eigenvalue weighted by Crippen LogP contribution is -2.58. The fraction of sp³-hybridized carbons (Fsp3) is 0.373. The lowest BCUT2D eigenvalue weighted by molar-refractivity contribution is -0.144. The summed E-state index contributed by atoms with van der Waals surface area (Å²) >= 11 is 10.1. The largest absolute Gasteiger partial charge is 0.484 e. The smallest absolute Gasteiger partial charge is 0.308 e. The quantitative estimate of drug-likeness (QED) is 0.107. The van der Waals surface area contributed by atoms with Crippen LogP contribution in [-0.4, -0.2) is 86.4 Å². The number of fused-ring (bicyclic) bond motifs is 3. The molecule has 14 nitrogen and oxygen atoms in total. The first-order chi connectivity index (χ1) is 32.4. The number of hydrogen-bond acceptors (Lipinski definition) is 12. The van der Waals surface area contributed by atoms with E-state index in [1.54, 1.807) is 39.7 Å². The lowest BCUT2D eigenvalue weighted by atomic mass is 9.85. The normalized spacial score (nSPS) is 16.5. The molecule has 3 aromatic heterocycles. The summed E-state index contributed by atoms with van der Waals surface area (Å²) in [4.78, 5) is 67.3. The summed E-state index contributed by atoms with van der Waals surface area (Å²) in [5, 5.41) is 16.2. The van der Waals surface area contributed by atoms with Gasteiger partial charge >= 0.3 is 5.97 Å². The molecule has 0 aliphatic carbocycles. The Balaban J connectivity index is 0.912. The minimum atomic E-state index is -0.910. The highest BCUT2D eigenvalue weighted by molar-refractivity contribution is 7.15. The Morgan fingerprint density at radius 2 is 1.63 bits per heavy atom. The molecule has 8 rings (SSSR count). The summed E-state index contributed by atoms with van der Waals surface area (Å²) in [7, 11) is 1.36. The standard InChI is InChI=1S/C51H55ClN8O6S2/c1-27-30(4)68-50-43(27)44(55-39(24-42(62)65-9)47-58-57-31(5)60(47)50)34-16-14-33(15-17-34)37-21-20-36(23-38(37)52)66-25-41(61)56-46(51(6,7)8)49(64)59-22-10-11-40(59)48(63)54-28(2)32-12-18-35(19-13-32)45-29(3)53-26-67-45/h12-21,23,26,28,39-40,46H,10-11,22,24-25H2,1-9H3,(H,54,63)(H,56,61)/t28-,39-,40-,46?/m0/s1. The molecule has 0 bridgehead atoms. The van der Waals surface area contributed by atoms with E-state index >= 15 is 0 Å². The van der Waals surface area contributed by atoms with Crippen molar-refractivity contribution >= 4 is 63.7 Å². The van der Waals surface area contributed by atoms with Crippen molar-refractivity contribution < 1.29 is 28.7 Å². The van der Waals surface area contributed by atoms with Gasteiger partial charge in [0.15, 0.2) is 12.4 Å². The monoisotopic (exact) mass is 974 g/mol. The molecular formula is C51H55ClN8O6S2. The molecule has 0 radical (unpaired) electrons. The molecule has 2 N–H and O–H groups in total. The van der Waals surface area contributed by atoms with Crippen molar-refractivity contribution in [3.63, 3.8) is 0 Å². The summed E-state index contributed by atoms with van der Waals surface area (Å²) in [6, 6.07) is 18.8. The van der Waals surface area contributed by atoms with Crippen LogP contribution in [0.25, 0.3) is 26.6 Å². The van der Waals surface area contributed by atoms with Crippen molar-refractivity contribution in [3.8, 4) is 32.3 Å². The van der Waals surface area contributed by atoms with E-state index in [4.69, 9.17) is 26.1 Å². The van der Waals surface area contributed by atoms with Gasteiger partial charge in [-0.1, -0.05) is 80.9 Å². The maximum atomic E-state index is 14.2. The summed E-state index contributed by atoms with van der Waals surface area (Å²) in [6.07, 6.45) is 1.21. The molecule has 1 saturated heterocycles. The number of thiazole rings is 1. The van der Waals surface area contributed by atoms with E-state index < -0.39 is 35.4 Å². The Hall–Kier alpha value is -6.23. The number of nitrogens with one attached hydrogen (secondary N) is 2. The van der Waals surface area contributed by atoms with Crippen LogP contribution in [0, 0.1) is 33.1 Å². The Kier molecular flexibility index (Phi) is 14.0. The minimum Gasteiger partial charge on any atom is -0.484 e. The SMILES string of the molecule is COC(=O)C[C@@H]1N=C(c2ccc(-c3ccc(OCC(=O)NC(C(=O)N4CCC[C@H]4C(=O)N[C@@H](C)c4ccc(-c5scnc5C)cc4)C(C)(C)C)cc3Cl)cc2)c2c(sc(C)c2C)-n2c(C)nnc21. The zero-order chi connectivity index (χ0) is 48.6. The number of halogens is 1. The van der Waals surface area contributed by atoms with Crippen LogP contribution in [0.3, 0.4) is 0 Å². The van der Waals surface area contributed by atoms with Crippen molar-refractivity contribution in [2.45, 2.75) is 98.8 Å². The molecule has 68 heavy (non-hydrogen) atoms. The number of rotatable bonds is 13. The molecule has 2 aliphatic heterocycles. The van der Waals surface area contributed by atoms with Crippen LogP contribution < -0.4 is 15.4 Å². The molecule has 6 aromatic rings. The number of thiophene rings is 1. The van der Waals surface area contributed by atoms with Crippen molar-refractivity contribution in [1.29, 1.82) is 0 Å². The number of carbonyl (C=O) groups is 4. The molecule has 354 valence electrons. The third-order valence-corrected chi connectivity index (χ3v) is 15.1. The molecule has 5 heterocycles. The van der Waals surface area contributed by atoms with Crippen molar-refractivity contribution in [1.82, 2.24) is 35.3 Å². The fourth-order valence-electron chi connectivity index (χ4n) is 8.76. The van der Waals surface area contributed by atoms with Crippen molar-refractivity contribution in [2.24, 2.45) is 10.4 Å². The van der Waals surface area contributed by atoms with Gasteiger partial charge in [0.25, 0.3) is 5.91 Å². The zero-order valence-corrected chi connectivity index (χ0v) is 42.0. The van der Waals surface area contributed by atoms with Gasteiger partial charge in [-0.2, -0.15) is 0 Å². The Morgan fingerprint density at radius 3 is 2.29 bits per heavy atom. The van der Waals surface area contributed by atoms with Crippen LogP contribution in [0.5, 0.6) is 5.75 Å². The topological polar surface area (TPSA) is 170 Å². The van der Waals surface area contributed by atoms with Gasteiger partial charge in [0.05, 0.1) is 46.4 Å². The summed E-state index contributed by atoms with van der Waals surface area (Å²) in [5.41, 5.74) is 9.42.